The van der Waals surface area contributed by atoms with Crippen molar-refractivity contribution in [2.75, 3.05) is 0 Å². The summed E-state index contributed by atoms with van der Waals surface area (Å²) in [5.41, 5.74) is 3.90. The van der Waals surface area contributed by atoms with Crippen LogP contribution in [-0.2, 0) is 6.61 Å². The van der Waals surface area contributed by atoms with E-state index in [2.05, 4.69) is 21.0 Å². The summed E-state index contributed by atoms with van der Waals surface area (Å²) in [6.07, 6.45) is 5.56. The predicted octanol–water partition coefficient (Wildman–Crippen LogP) is 4.27. The topological polar surface area (TPSA) is 61.8 Å². The Balaban J connectivity index is 1.85. The van der Waals surface area contributed by atoms with Gasteiger partial charge in [0.25, 0.3) is 0 Å². The molecule has 0 spiro atoms. The number of pyridine rings is 2. The SMILES string of the molecule is OCc1cccc(-c2ccnc3[nH]cc(Sc4ccccn4)c23)c1. The molecule has 5 heteroatoms. The van der Waals surface area contributed by atoms with Crippen LogP contribution >= 0.6 is 11.8 Å². The minimum Gasteiger partial charge on any atom is -0.392 e. The van der Waals surface area contributed by atoms with Crippen molar-refractivity contribution in [1.29, 1.82) is 0 Å². The monoisotopic (exact) mass is 333 g/mol. The summed E-state index contributed by atoms with van der Waals surface area (Å²) >= 11 is 1.61. The number of nitrogens with zero attached hydrogens (tertiary/aromatic N) is 2. The number of hydrogen-bond donors (Lipinski definition) is 2. The zero-order chi connectivity index (χ0) is 16.4. The molecule has 0 radical (unpaired) electrons. The van der Waals surface area contributed by atoms with E-state index in [9.17, 15) is 5.11 Å². The Morgan fingerprint density at radius 3 is 2.79 bits per heavy atom. The van der Waals surface area contributed by atoms with E-state index < -0.39 is 0 Å². The van der Waals surface area contributed by atoms with Crippen molar-refractivity contribution in [3.63, 3.8) is 0 Å². The zero-order valence-corrected chi connectivity index (χ0v) is 13.6. The van der Waals surface area contributed by atoms with Gasteiger partial charge in [-0.3, -0.25) is 0 Å². The highest BCUT2D eigenvalue weighted by Crippen LogP contribution is 2.37. The van der Waals surface area contributed by atoms with Crippen LogP contribution in [-0.4, -0.2) is 20.1 Å². The van der Waals surface area contributed by atoms with Crippen molar-refractivity contribution < 1.29 is 5.11 Å². The van der Waals surface area contributed by atoms with Crippen molar-refractivity contribution in [2.24, 2.45) is 0 Å². The molecule has 0 saturated carbocycles. The van der Waals surface area contributed by atoms with Gasteiger partial charge in [0.15, 0.2) is 0 Å². The van der Waals surface area contributed by atoms with Gasteiger partial charge in [-0.2, -0.15) is 0 Å². The molecule has 4 nitrogen and oxygen atoms in total. The lowest BCUT2D eigenvalue weighted by atomic mass is 10.0. The maximum atomic E-state index is 9.40. The largest absolute Gasteiger partial charge is 0.392 e. The van der Waals surface area contributed by atoms with E-state index in [4.69, 9.17) is 0 Å². The Morgan fingerprint density at radius 1 is 1.00 bits per heavy atom. The van der Waals surface area contributed by atoms with Gasteiger partial charge in [-0.25, -0.2) is 9.97 Å². The Morgan fingerprint density at radius 2 is 1.96 bits per heavy atom. The maximum absolute atomic E-state index is 9.40. The van der Waals surface area contributed by atoms with Crippen molar-refractivity contribution in [3.05, 3.63) is 72.7 Å². The molecule has 24 heavy (non-hydrogen) atoms. The Hall–Kier alpha value is -2.63. The number of benzene rings is 1. The highest BCUT2D eigenvalue weighted by molar-refractivity contribution is 7.99. The highest BCUT2D eigenvalue weighted by Gasteiger charge is 2.13. The van der Waals surface area contributed by atoms with Crippen LogP contribution in [0.5, 0.6) is 0 Å². The third-order valence-corrected chi connectivity index (χ3v) is 4.80. The van der Waals surface area contributed by atoms with Gasteiger partial charge in [0.1, 0.15) is 10.7 Å². The smallest absolute Gasteiger partial charge is 0.139 e. The molecule has 118 valence electrons. The van der Waals surface area contributed by atoms with Crippen LogP contribution in [0.3, 0.4) is 0 Å². The number of H-pyrrole nitrogens is 1. The molecule has 0 fully saturated rings. The Kier molecular flexibility index (Phi) is 4.02. The summed E-state index contributed by atoms with van der Waals surface area (Å²) in [7, 11) is 0. The molecule has 1 aromatic carbocycles. The third kappa shape index (κ3) is 2.79. The number of fused-ring (bicyclic) bond motifs is 1. The van der Waals surface area contributed by atoms with Crippen molar-refractivity contribution in [1.82, 2.24) is 15.0 Å². The fraction of sp³-hybridized carbons (Fsp3) is 0.0526. The number of aliphatic hydroxyl groups excluding tert-OH is 1. The average Bonchev–Trinajstić information content (AvgIpc) is 3.06. The third-order valence-electron chi connectivity index (χ3n) is 3.81. The van der Waals surface area contributed by atoms with Crippen molar-refractivity contribution in [3.8, 4) is 11.1 Å². The quantitative estimate of drug-likeness (QED) is 0.585. The van der Waals surface area contributed by atoms with E-state index >= 15 is 0 Å². The molecule has 0 atom stereocenters. The molecule has 3 heterocycles. The van der Waals surface area contributed by atoms with Crippen molar-refractivity contribution >= 4 is 22.8 Å². The number of aromatic nitrogens is 3. The van der Waals surface area contributed by atoms with Gasteiger partial charge in [0.05, 0.1) is 6.61 Å². The van der Waals surface area contributed by atoms with Gasteiger partial charge in [-0.15, -0.1) is 0 Å². The summed E-state index contributed by atoms with van der Waals surface area (Å²) in [6.45, 7) is 0.0325. The van der Waals surface area contributed by atoms with Crippen LogP contribution in [0.15, 0.2) is 77.0 Å². The highest BCUT2D eigenvalue weighted by atomic mass is 32.2. The summed E-state index contributed by atoms with van der Waals surface area (Å²) < 4.78 is 0. The second kappa shape index (κ2) is 6.47. The minimum absolute atomic E-state index is 0.0325. The molecule has 0 bridgehead atoms. The number of nitrogens with one attached hydrogen (secondary N) is 1. The number of aromatic amines is 1. The fourth-order valence-electron chi connectivity index (χ4n) is 2.71. The van der Waals surface area contributed by atoms with Gasteiger partial charge >= 0.3 is 0 Å². The number of aliphatic hydroxyl groups is 1. The summed E-state index contributed by atoms with van der Waals surface area (Å²) in [4.78, 5) is 13.1. The molecular weight excluding hydrogens is 318 g/mol. The molecule has 4 rings (SSSR count). The van der Waals surface area contributed by atoms with Gasteiger partial charge in [-0.1, -0.05) is 36.0 Å². The zero-order valence-electron chi connectivity index (χ0n) is 12.8. The standard InChI is InChI=1S/C19H15N3OS/c23-12-13-4-3-5-14(10-13)15-7-9-21-19-18(15)16(11-22-19)24-17-6-1-2-8-20-17/h1-11,23H,12H2,(H,21,22). The molecule has 0 aliphatic carbocycles. The molecule has 0 amide bonds. The average molecular weight is 333 g/mol. The molecule has 0 aliphatic heterocycles. The fourth-order valence-corrected chi connectivity index (χ4v) is 3.62. The Bertz CT molecular complexity index is 982. The first-order valence-corrected chi connectivity index (χ1v) is 8.42. The number of hydrogen-bond acceptors (Lipinski definition) is 4. The van der Waals surface area contributed by atoms with E-state index in [0.29, 0.717) is 0 Å². The number of rotatable bonds is 4. The van der Waals surface area contributed by atoms with Gasteiger partial charge in [0, 0.05) is 28.9 Å². The van der Waals surface area contributed by atoms with E-state index in [1.807, 2.05) is 48.7 Å². The molecule has 3 aromatic heterocycles. The minimum atomic E-state index is 0.0325. The van der Waals surface area contributed by atoms with Crippen LogP contribution in [0.2, 0.25) is 0 Å². The van der Waals surface area contributed by atoms with Crippen LogP contribution in [0, 0.1) is 0 Å². The van der Waals surface area contributed by atoms with E-state index in [1.165, 1.54) is 0 Å². The normalized spacial score (nSPS) is 11.0. The maximum Gasteiger partial charge on any atom is 0.139 e. The van der Waals surface area contributed by atoms with Gasteiger partial charge in [-0.05, 0) is 41.0 Å². The van der Waals surface area contributed by atoms with Crippen LogP contribution < -0.4 is 0 Å². The van der Waals surface area contributed by atoms with E-state index in [-0.39, 0.29) is 6.61 Å². The lowest BCUT2D eigenvalue weighted by molar-refractivity contribution is 0.282. The first kappa shape index (κ1) is 14.9. The van der Waals surface area contributed by atoms with Crippen LogP contribution in [0.4, 0.5) is 0 Å². The molecular formula is C19H15N3OS. The molecule has 2 N–H and O–H groups in total. The lowest BCUT2D eigenvalue weighted by Crippen LogP contribution is -1.87. The van der Waals surface area contributed by atoms with Crippen LogP contribution in [0.25, 0.3) is 22.2 Å². The predicted molar refractivity (Wildman–Crippen MR) is 95.8 cm³/mol. The van der Waals surface area contributed by atoms with E-state index in [1.54, 1.807) is 24.2 Å². The second-order valence-corrected chi connectivity index (χ2v) is 6.43. The van der Waals surface area contributed by atoms with Gasteiger partial charge in [0.2, 0.25) is 0 Å². The van der Waals surface area contributed by atoms with E-state index in [0.717, 1.165) is 37.6 Å². The first-order chi connectivity index (χ1) is 11.8. The Labute approximate surface area is 143 Å². The molecule has 4 aromatic rings. The molecule has 0 saturated heterocycles. The summed E-state index contributed by atoms with van der Waals surface area (Å²) in [5.74, 6) is 0. The lowest BCUT2D eigenvalue weighted by Gasteiger charge is -2.07. The van der Waals surface area contributed by atoms with Gasteiger partial charge < -0.3 is 10.1 Å². The molecule has 0 aliphatic rings. The summed E-state index contributed by atoms with van der Waals surface area (Å²) in [6, 6.07) is 15.8. The first-order valence-electron chi connectivity index (χ1n) is 7.60. The van der Waals surface area contributed by atoms with Crippen LogP contribution in [0.1, 0.15) is 5.56 Å². The van der Waals surface area contributed by atoms with Crippen molar-refractivity contribution in [2.45, 2.75) is 16.5 Å². The second-order valence-electron chi connectivity index (χ2n) is 5.36. The molecule has 0 unspecified atom stereocenters. The summed E-state index contributed by atoms with van der Waals surface area (Å²) in [5, 5.41) is 11.4.